The van der Waals surface area contributed by atoms with Crippen LogP contribution in [-0.4, -0.2) is 58.1 Å². The van der Waals surface area contributed by atoms with Crippen LogP contribution >= 0.6 is 0 Å². The van der Waals surface area contributed by atoms with Crippen LogP contribution in [0.4, 0.5) is 0 Å². The van der Waals surface area contributed by atoms with Crippen molar-refractivity contribution in [2.75, 3.05) is 26.2 Å². The Morgan fingerprint density at radius 1 is 1.29 bits per heavy atom. The standard InChI is InChI=1S/C15H26N4O2/c1-5-18(6-2)7-8-19(11(3)4)15(20)14-12-9-21-10-13(12)16-17-14/h11H,5-10H2,1-4H3,(H,16,17). The van der Waals surface area contributed by atoms with Crippen LogP contribution in [0.2, 0.25) is 0 Å². The summed E-state index contributed by atoms with van der Waals surface area (Å²) in [6, 6.07) is 0.155. The number of fused-ring (bicyclic) bond motifs is 1. The lowest BCUT2D eigenvalue weighted by molar-refractivity contribution is 0.0671. The number of carbonyl (C=O) groups is 1. The van der Waals surface area contributed by atoms with Gasteiger partial charge in [-0.3, -0.25) is 9.89 Å². The second kappa shape index (κ2) is 7.04. The van der Waals surface area contributed by atoms with Gasteiger partial charge in [0.2, 0.25) is 0 Å². The summed E-state index contributed by atoms with van der Waals surface area (Å²) in [5.74, 6) is 0.000145. The van der Waals surface area contributed by atoms with Crippen LogP contribution in [0, 0.1) is 0 Å². The van der Waals surface area contributed by atoms with Gasteiger partial charge in [0.05, 0.1) is 18.9 Å². The quantitative estimate of drug-likeness (QED) is 0.830. The third-order valence-corrected chi connectivity index (χ3v) is 4.08. The minimum Gasteiger partial charge on any atom is -0.370 e. The van der Waals surface area contributed by atoms with Gasteiger partial charge in [-0.25, -0.2) is 0 Å². The first kappa shape index (κ1) is 16.0. The molecule has 1 aliphatic rings. The van der Waals surface area contributed by atoms with Gasteiger partial charge < -0.3 is 14.5 Å². The summed E-state index contributed by atoms with van der Waals surface area (Å²) < 4.78 is 5.37. The number of aromatic nitrogens is 2. The van der Waals surface area contributed by atoms with Crippen molar-refractivity contribution in [3.63, 3.8) is 0 Å². The number of likely N-dealkylation sites (N-methyl/N-ethyl adjacent to an activating group) is 1. The molecule has 1 aliphatic heterocycles. The van der Waals surface area contributed by atoms with E-state index in [1.54, 1.807) is 0 Å². The number of ether oxygens (including phenoxy) is 1. The molecule has 118 valence electrons. The summed E-state index contributed by atoms with van der Waals surface area (Å²) in [6.07, 6.45) is 0. The maximum atomic E-state index is 12.8. The summed E-state index contributed by atoms with van der Waals surface area (Å²) in [5, 5.41) is 7.11. The molecule has 0 unspecified atom stereocenters. The monoisotopic (exact) mass is 294 g/mol. The molecular formula is C15H26N4O2. The highest BCUT2D eigenvalue weighted by atomic mass is 16.5. The van der Waals surface area contributed by atoms with E-state index in [1.807, 2.05) is 18.7 Å². The molecule has 0 spiro atoms. The fourth-order valence-electron chi connectivity index (χ4n) is 2.63. The minimum absolute atomic E-state index is 0.000145. The second-order valence-electron chi connectivity index (χ2n) is 5.64. The van der Waals surface area contributed by atoms with E-state index in [9.17, 15) is 4.79 Å². The van der Waals surface area contributed by atoms with Gasteiger partial charge in [-0.1, -0.05) is 13.8 Å². The van der Waals surface area contributed by atoms with E-state index >= 15 is 0 Å². The van der Waals surface area contributed by atoms with Crippen LogP contribution in [-0.2, 0) is 18.0 Å². The van der Waals surface area contributed by atoms with Gasteiger partial charge in [-0.2, -0.15) is 5.10 Å². The fraction of sp³-hybridized carbons (Fsp3) is 0.733. The number of hydrogen-bond donors (Lipinski definition) is 1. The van der Waals surface area contributed by atoms with E-state index in [2.05, 4.69) is 28.9 Å². The molecule has 0 saturated heterocycles. The van der Waals surface area contributed by atoms with Gasteiger partial charge >= 0.3 is 0 Å². The smallest absolute Gasteiger partial charge is 0.275 e. The zero-order chi connectivity index (χ0) is 15.4. The number of H-pyrrole nitrogens is 1. The summed E-state index contributed by atoms with van der Waals surface area (Å²) in [7, 11) is 0. The Balaban J connectivity index is 2.08. The Morgan fingerprint density at radius 3 is 2.62 bits per heavy atom. The molecule has 1 amide bonds. The van der Waals surface area contributed by atoms with Crippen LogP contribution in [0.25, 0.3) is 0 Å². The van der Waals surface area contributed by atoms with E-state index in [-0.39, 0.29) is 11.9 Å². The number of nitrogens with zero attached hydrogens (tertiary/aromatic N) is 3. The largest absolute Gasteiger partial charge is 0.370 e. The molecule has 2 heterocycles. The van der Waals surface area contributed by atoms with Crippen molar-refractivity contribution >= 4 is 5.91 Å². The van der Waals surface area contributed by atoms with Crippen LogP contribution in [0.15, 0.2) is 0 Å². The van der Waals surface area contributed by atoms with Crippen LogP contribution in [0.5, 0.6) is 0 Å². The first-order valence-electron chi connectivity index (χ1n) is 7.75. The molecule has 0 fully saturated rings. The van der Waals surface area contributed by atoms with Crippen molar-refractivity contribution in [3.05, 3.63) is 17.0 Å². The van der Waals surface area contributed by atoms with Crippen molar-refractivity contribution in [3.8, 4) is 0 Å². The Kier molecular flexibility index (Phi) is 5.36. The SMILES string of the molecule is CCN(CC)CCN(C(=O)c1n[nH]c2c1COC2)C(C)C. The van der Waals surface area contributed by atoms with E-state index in [0.29, 0.717) is 18.9 Å². The van der Waals surface area contributed by atoms with Crippen molar-refractivity contribution < 1.29 is 9.53 Å². The molecule has 0 aliphatic carbocycles. The van der Waals surface area contributed by atoms with Crippen molar-refractivity contribution in [2.24, 2.45) is 0 Å². The third-order valence-electron chi connectivity index (χ3n) is 4.08. The molecule has 1 N–H and O–H groups in total. The second-order valence-corrected chi connectivity index (χ2v) is 5.64. The topological polar surface area (TPSA) is 61.5 Å². The number of rotatable bonds is 7. The minimum atomic E-state index is 0.000145. The Hall–Kier alpha value is -1.40. The molecule has 0 atom stereocenters. The lowest BCUT2D eigenvalue weighted by Crippen LogP contribution is -2.43. The molecule has 0 aromatic carbocycles. The van der Waals surface area contributed by atoms with E-state index in [1.165, 1.54) is 0 Å². The highest BCUT2D eigenvalue weighted by Crippen LogP contribution is 2.22. The van der Waals surface area contributed by atoms with Gasteiger partial charge in [0, 0.05) is 24.7 Å². The van der Waals surface area contributed by atoms with Gasteiger partial charge in [0.15, 0.2) is 5.69 Å². The Labute approximate surface area is 126 Å². The summed E-state index contributed by atoms with van der Waals surface area (Å²) >= 11 is 0. The molecule has 0 bridgehead atoms. The normalized spacial score (nSPS) is 14.0. The summed E-state index contributed by atoms with van der Waals surface area (Å²) in [5.41, 5.74) is 2.38. The Morgan fingerprint density at radius 2 is 2.00 bits per heavy atom. The molecule has 1 aromatic heterocycles. The average Bonchev–Trinajstić information content (AvgIpc) is 3.05. The highest BCUT2D eigenvalue weighted by Gasteiger charge is 2.28. The van der Waals surface area contributed by atoms with Crippen molar-refractivity contribution in [1.82, 2.24) is 20.0 Å². The highest BCUT2D eigenvalue weighted by molar-refractivity contribution is 5.94. The number of hydrogen-bond acceptors (Lipinski definition) is 4. The molecule has 1 aromatic rings. The number of amides is 1. The first-order valence-corrected chi connectivity index (χ1v) is 7.75. The lowest BCUT2D eigenvalue weighted by Gasteiger charge is -2.29. The first-order chi connectivity index (χ1) is 10.1. The molecule has 21 heavy (non-hydrogen) atoms. The molecule has 0 saturated carbocycles. The predicted octanol–water partition coefficient (Wildman–Crippen LogP) is 1.63. The average molecular weight is 294 g/mol. The lowest BCUT2D eigenvalue weighted by atomic mass is 10.2. The zero-order valence-electron chi connectivity index (χ0n) is 13.5. The van der Waals surface area contributed by atoms with E-state index in [4.69, 9.17) is 4.74 Å². The fourth-order valence-corrected chi connectivity index (χ4v) is 2.63. The van der Waals surface area contributed by atoms with Crippen LogP contribution in [0.1, 0.15) is 49.4 Å². The van der Waals surface area contributed by atoms with E-state index < -0.39 is 0 Å². The molecule has 0 radical (unpaired) electrons. The summed E-state index contributed by atoms with van der Waals surface area (Å²) in [4.78, 5) is 17.0. The predicted molar refractivity (Wildman–Crippen MR) is 81.0 cm³/mol. The van der Waals surface area contributed by atoms with E-state index in [0.717, 1.165) is 37.4 Å². The Bertz CT molecular complexity index is 480. The van der Waals surface area contributed by atoms with Crippen molar-refractivity contribution in [1.29, 1.82) is 0 Å². The number of nitrogens with one attached hydrogen (secondary N) is 1. The molecular weight excluding hydrogens is 268 g/mol. The third kappa shape index (κ3) is 3.44. The molecule has 6 heteroatoms. The summed E-state index contributed by atoms with van der Waals surface area (Å²) in [6.45, 7) is 13.0. The van der Waals surface area contributed by atoms with Crippen LogP contribution < -0.4 is 0 Å². The van der Waals surface area contributed by atoms with Crippen molar-refractivity contribution in [2.45, 2.75) is 47.0 Å². The van der Waals surface area contributed by atoms with Gasteiger partial charge in [-0.05, 0) is 26.9 Å². The number of carbonyl (C=O) groups excluding carboxylic acids is 1. The molecule has 2 rings (SSSR count). The maximum Gasteiger partial charge on any atom is 0.275 e. The van der Waals surface area contributed by atoms with Gasteiger partial charge in [0.25, 0.3) is 5.91 Å². The van der Waals surface area contributed by atoms with Gasteiger partial charge in [0.1, 0.15) is 0 Å². The van der Waals surface area contributed by atoms with Gasteiger partial charge in [-0.15, -0.1) is 0 Å². The number of aromatic amines is 1. The molecule has 6 nitrogen and oxygen atoms in total. The maximum absolute atomic E-state index is 12.8. The zero-order valence-corrected chi connectivity index (χ0v) is 13.5. The van der Waals surface area contributed by atoms with Crippen LogP contribution in [0.3, 0.4) is 0 Å².